The molecule has 0 aromatic heterocycles. The third-order valence-electron chi connectivity index (χ3n) is 3.92. The molecule has 0 radical (unpaired) electrons. The summed E-state index contributed by atoms with van der Waals surface area (Å²) in [7, 11) is 0. The lowest BCUT2D eigenvalue weighted by molar-refractivity contribution is -0.128. The van der Waals surface area contributed by atoms with Crippen LogP contribution in [-0.4, -0.2) is 23.7 Å². The van der Waals surface area contributed by atoms with E-state index in [0.29, 0.717) is 19.3 Å². The van der Waals surface area contributed by atoms with E-state index in [-0.39, 0.29) is 12.5 Å². The molecule has 0 unspecified atom stereocenters. The average molecular weight is 272 g/mol. The number of hydrogen-bond donors (Lipinski definition) is 2. The number of aliphatic hydroxyl groups excluding tert-OH is 1. The Kier molecular flexibility index (Phi) is 4.75. The van der Waals surface area contributed by atoms with Gasteiger partial charge in [-0.3, -0.25) is 4.79 Å². The van der Waals surface area contributed by atoms with Crippen LogP contribution in [0, 0.1) is 16.7 Å². The predicted molar refractivity (Wildman–Crippen MR) is 75.7 cm³/mol. The fraction of sp³-hybridized carbons (Fsp3) is 0.500. The summed E-state index contributed by atoms with van der Waals surface area (Å²) in [4.78, 5) is 12.1. The number of amides is 1. The molecule has 2 N–H and O–H groups in total. The average Bonchev–Trinajstić information content (AvgIpc) is 2.96. The molecule has 0 saturated heterocycles. The second-order valence-corrected chi connectivity index (χ2v) is 5.45. The Morgan fingerprint density at radius 2 is 2.00 bits per heavy atom. The van der Waals surface area contributed by atoms with E-state index in [0.717, 1.165) is 18.4 Å². The van der Waals surface area contributed by atoms with Crippen LogP contribution in [0.1, 0.15) is 31.2 Å². The topological polar surface area (TPSA) is 73.1 Å². The second kappa shape index (κ2) is 6.53. The molecule has 4 nitrogen and oxygen atoms in total. The van der Waals surface area contributed by atoms with Crippen molar-refractivity contribution in [3.63, 3.8) is 0 Å². The van der Waals surface area contributed by atoms with Gasteiger partial charge >= 0.3 is 0 Å². The fourth-order valence-corrected chi connectivity index (χ4v) is 2.71. The Morgan fingerprint density at radius 1 is 1.35 bits per heavy atom. The van der Waals surface area contributed by atoms with Gasteiger partial charge in [0.15, 0.2) is 0 Å². The van der Waals surface area contributed by atoms with Crippen molar-refractivity contribution in [3.05, 3.63) is 35.9 Å². The van der Waals surface area contributed by atoms with Gasteiger partial charge in [-0.05, 0) is 18.4 Å². The first-order valence-electron chi connectivity index (χ1n) is 7.08. The number of aliphatic hydroxyl groups is 1. The minimum absolute atomic E-state index is 0.192. The van der Waals surface area contributed by atoms with Gasteiger partial charge in [-0.25, -0.2) is 0 Å². The van der Waals surface area contributed by atoms with E-state index in [9.17, 15) is 15.2 Å². The Labute approximate surface area is 119 Å². The molecule has 1 atom stereocenters. The van der Waals surface area contributed by atoms with E-state index >= 15 is 0 Å². The lowest BCUT2D eigenvalue weighted by Gasteiger charge is -2.20. The lowest BCUT2D eigenvalue weighted by Crippen LogP contribution is -2.42. The largest absolute Gasteiger partial charge is 0.391 e. The van der Waals surface area contributed by atoms with Crippen molar-refractivity contribution in [3.8, 4) is 6.07 Å². The summed E-state index contributed by atoms with van der Waals surface area (Å²) < 4.78 is 0. The first-order chi connectivity index (χ1) is 9.66. The van der Waals surface area contributed by atoms with Gasteiger partial charge in [-0.2, -0.15) is 5.26 Å². The van der Waals surface area contributed by atoms with Crippen molar-refractivity contribution in [1.29, 1.82) is 5.26 Å². The smallest absolute Gasteiger partial charge is 0.240 e. The standard InChI is InChI=1S/C16H20N2O2/c17-12-16(8-4-5-9-16)15(20)18-11-14(19)10-13-6-2-1-3-7-13/h1-3,6-7,14,19H,4-5,8-11H2,(H,18,20)/t14-/m1/s1. The summed E-state index contributed by atoms with van der Waals surface area (Å²) >= 11 is 0. The zero-order valence-electron chi connectivity index (χ0n) is 11.5. The van der Waals surface area contributed by atoms with Gasteiger partial charge in [0, 0.05) is 13.0 Å². The Bertz CT molecular complexity index is 487. The molecule has 1 aromatic carbocycles. The molecule has 1 aliphatic carbocycles. The van der Waals surface area contributed by atoms with Crippen LogP contribution in [0.15, 0.2) is 30.3 Å². The molecule has 1 saturated carbocycles. The number of nitrogens with one attached hydrogen (secondary N) is 1. The van der Waals surface area contributed by atoms with Crippen LogP contribution < -0.4 is 5.32 Å². The molecule has 0 bridgehead atoms. The maximum absolute atomic E-state index is 12.1. The molecule has 106 valence electrons. The molecule has 20 heavy (non-hydrogen) atoms. The Hall–Kier alpha value is -1.86. The van der Waals surface area contributed by atoms with E-state index in [1.807, 2.05) is 30.3 Å². The van der Waals surface area contributed by atoms with Crippen LogP contribution in [0.5, 0.6) is 0 Å². The van der Waals surface area contributed by atoms with Gasteiger partial charge in [0.05, 0.1) is 12.2 Å². The fourth-order valence-electron chi connectivity index (χ4n) is 2.71. The zero-order chi connectivity index (χ0) is 14.4. The number of carbonyl (C=O) groups excluding carboxylic acids is 1. The number of benzene rings is 1. The highest BCUT2D eigenvalue weighted by Gasteiger charge is 2.41. The second-order valence-electron chi connectivity index (χ2n) is 5.45. The van der Waals surface area contributed by atoms with Crippen molar-refractivity contribution in [2.75, 3.05) is 6.54 Å². The molecule has 1 fully saturated rings. The van der Waals surface area contributed by atoms with Crippen LogP contribution >= 0.6 is 0 Å². The van der Waals surface area contributed by atoms with Crippen molar-refractivity contribution in [1.82, 2.24) is 5.32 Å². The first-order valence-corrected chi connectivity index (χ1v) is 7.08. The zero-order valence-corrected chi connectivity index (χ0v) is 11.5. The normalized spacial score (nSPS) is 18.2. The third kappa shape index (κ3) is 3.37. The minimum atomic E-state index is -0.869. The summed E-state index contributed by atoms with van der Waals surface area (Å²) in [6, 6.07) is 11.8. The minimum Gasteiger partial charge on any atom is -0.391 e. The van der Waals surface area contributed by atoms with E-state index < -0.39 is 11.5 Å². The number of carbonyl (C=O) groups is 1. The molecule has 1 amide bonds. The summed E-state index contributed by atoms with van der Waals surface area (Å²) in [5, 5.41) is 21.9. The van der Waals surface area contributed by atoms with Crippen LogP contribution in [0.3, 0.4) is 0 Å². The Morgan fingerprint density at radius 3 is 2.60 bits per heavy atom. The van der Waals surface area contributed by atoms with Crippen molar-refractivity contribution >= 4 is 5.91 Å². The molecule has 1 aromatic rings. The highest BCUT2D eigenvalue weighted by molar-refractivity contribution is 5.85. The molecule has 4 heteroatoms. The monoisotopic (exact) mass is 272 g/mol. The molecule has 0 spiro atoms. The summed E-state index contributed by atoms with van der Waals surface area (Å²) in [5.74, 6) is -0.232. The quantitative estimate of drug-likeness (QED) is 0.858. The SMILES string of the molecule is N#CC1(C(=O)NC[C@H](O)Cc2ccccc2)CCCC1. The maximum Gasteiger partial charge on any atom is 0.240 e. The third-order valence-corrected chi connectivity index (χ3v) is 3.92. The van der Waals surface area contributed by atoms with Crippen LogP contribution in [0.2, 0.25) is 0 Å². The number of rotatable bonds is 5. The summed E-state index contributed by atoms with van der Waals surface area (Å²) in [5.41, 5.74) is 0.164. The highest BCUT2D eigenvalue weighted by atomic mass is 16.3. The van der Waals surface area contributed by atoms with Crippen molar-refractivity contribution < 1.29 is 9.90 Å². The molecule has 2 rings (SSSR count). The number of nitriles is 1. The lowest BCUT2D eigenvalue weighted by atomic mass is 9.87. The molecule has 1 aliphatic rings. The number of hydrogen-bond acceptors (Lipinski definition) is 3. The van der Waals surface area contributed by atoms with Crippen molar-refractivity contribution in [2.24, 2.45) is 5.41 Å². The van der Waals surface area contributed by atoms with Crippen LogP contribution in [-0.2, 0) is 11.2 Å². The van der Waals surface area contributed by atoms with Gasteiger partial charge in [0.1, 0.15) is 5.41 Å². The van der Waals surface area contributed by atoms with Gasteiger partial charge < -0.3 is 10.4 Å². The Balaban J connectivity index is 1.83. The molecule has 0 aliphatic heterocycles. The van der Waals surface area contributed by atoms with E-state index in [1.165, 1.54) is 0 Å². The van der Waals surface area contributed by atoms with Gasteiger partial charge in [0.2, 0.25) is 5.91 Å². The van der Waals surface area contributed by atoms with E-state index in [2.05, 4.69) is 11.4 Å². The molecular weight excluding hydrogens is 252 g/mol. The summed E-state index contributed by atoms with van der Waals surface area (Å²) in [6.07, 6.45) is 2.98. The van der Waals surface area contributed by atoms with Crippen LogP contribution in [0.25, 0.3) is 0 Å². The summed E-state index contributed by atoms with van der Waals surface area (Å²) in [6.45, 7) is 0.192. The number of nitrogens with zero attached hydrogens (tertiary/aromatic N) is 1. The van der Waals surface area contributed by atoms with Crippen LogP contribution in [0.4, 0.5) is 0 Å². The first kappa shape index (κ1) is 14.5. The molecule has 0 heterocycles. The van der Waals surface area contributed by atoms with E-state index in [1.54, 1.807) is 0 Å². The van der Waals surface area contributed by atoms with Gasteiger partial charge in [0.25, 0.3) is 0 Å². The highest BCUT2D eigenvalue weighted by Crippen LogP contribution is 2.37. The molecular formula is C16H20N2O2. The van der Waals surface area contributed by atoms with Crippen molar-refractivity contribution in [2.45, 2.75) is 38.2 Å². The van der Waals surface area contributed by atoms with E-state index in [4.69, 9.17) is 0 Å². The van der Waals surface area contributed by atoms with Gasteiger partial charge in [-0.15, -0.1) is 0 Å². The predicted octanol–water partition coefficient (Wildman–Crippen LogP) is 1.79. The van der Waals surface area contributed by atoms with Gasteiger partial charge in [-0.1, -0.05) is 43.2 Å². The maximum atomic E-state index is 12.1.